The van der Waals surface area contributed by atoms with Crippen LogP contribution in [0.1, 0.15) is 38.5 Å². The number of hydrogen-bond donors (Lipinski definition) is 1. The number of likely N-dealkylation sites (tertiary alicyclic amines) is 2. The van der Waals surface area contributed by atoms with Gasteiger partial charge in [0, 0.05) is 25.2 Å². The van der Waals surface area contributed by atoms with Crippen molar-refractivity contribution in [3.63, 3.8) is 0 Å². The Morgan fingerprint density at radius 2 is 1.47 bits per heavy atom. The fourth-order valence-corrected chi connectivity index (χ4v) is 3.59. The molecule has 0 spiro atoms. The lowest BCUT2D eigenvalue weighted by atomic mass is 10.1. The van der Waals surface area contributed by atoms with Crippen LogP contribution < -0.4 is 0 Å². The first-order valence-corrected chi connectivity index (χ1v) is 7.46. The van der Waals surface area contributed by atoms with Gasteiger partial charge in [0.15, 0.2) is 0 Å². The molecular weight excluding hydrogens is 212 g/mol. The van der Waals surface area contributed by atoms with Gasteiger partial charge in [-0.05, 0) is 57.5 Å². The quantitative estimate of drug-likeness (QED) is 0.782. The highest BCUT2D eigenvalue weighted by atomic mass is 16.3. The van der Waals surface area contributed by atoms with Crippen molar-refractivity contribution in [3.8, 4) is 0 Å². The molecule has 0 radical (unpaired) electrons. The summed E-state index contributed by atoms with van der Waals surface area (Å²) in [6.07, 6.45) is 8.17. The van der Waals surface area contributed by atoms with E-state index < -0.39 is 0 Å². The van der Waals surface area contributed by atoms with Crippen LogP contribution in [0.25, 0.3) is 0 Å². The second kappa shape index (κ2) is 5.25. The molecule has 1 N–H and O–H groups in total. The molecule has 0 aromatic rings. The summed E-state index contributed by atoms with van der Waals surface area (Å²) in [5, 5.41) is 9.38. The number of rotatable bonds is 5. The number of nitrogens with zero attached hydrogens (tertiary/aromatic N) is 2. The first kappa shape index (κ1) is 11.9. The molecular formula is C14H26N2O. The third-order valence-corrected chi connectivity index (χ3v) is 4.84. The van der Waals surface area contributed by atoms with Crippen molar-refractivity contribution in [2.24, 2.45) is 5.92 Å². The lowest BCUT2D eigenvalue weighted by Gasteiger charge is -2.31. The van der Waals surface area contributed by atoms with Crippen LogP contribution in [0.4, 0.5) is 0 Å². The summed E-state index contributed by atoms with van der Waals surface area (Å²) in [7, 11) is 0. The topological polar surface area (TPSA) is 26.7 Å². The highest BCUT2D eigenvalue weighted by molar-refractivity contribution is 4.89. The third kappa shape index (κ3) is 2.83. The van der Waals surface area contributed by atoms with Crippen LogP contribution in [0, 0.1) is 5.92 Å². The Labute approximate surface area is 105 Å². The van der Waals surface area contributed by atoms with E-state index in [9.17, 15) is 5.11 Å². The van der Waals surface area contributed by atoms with Gasteiger partial charge in [0.05, 0.1) is 6.61 Å². The van der Waals surface area contributed by atoms with Crippen LogP contribution in [-0.4, -0.2) is 59.8 Å². The lowest BCUT2D eigenvalue weighted by Crippen LogP contribution is -2.44. The Balaban J connectivity index is 1.52. The van der Waals surface area contributed by atoms with Gasteiger partial charge in [-0.25, -0.2) is 0 Å². The average Bonchev–Trinajstić information content (AvgIpc) is 2.87. The van der Waals surface area contributed by atoms with Crippen molar-refractivity contribution in [3.05, 3.63) is 0 Å². The Morgan fingerprint density at radius 1 is 0.824 bits per heavy atom. The maximum atomic E-state index is 9.38. The predicted octanol–water partition coefficient (Wildman–Crippen LogP) is 1.32. The van der Waals surface area contributed by atoms with Crippen molar-refractivity contribution in [2.45, 2.75) is 50.6 Å². The zero-order chi connectivity index (χ0) is 11.7. The molecule has 3 aliphatic rings. The molecule has 2 aliphatic heterocycles. The second-order valence-electron chi connectivity index (χ2n) is 6.21. The lowest BCUT2D eigenvalue weighted by molar-refractivity contribution is 0.120. The molecule has 2 saturated heterocycles. The van der Waals surface area contributed by atoms with Crippen LogP contribution in [0.5, 0.6) is 0 Å². The van der Waals surface area contributed by atoms with E-state index in [1.54, 1.807) is 0 Å². The molecule has 3 heteroatoms. The predicted molar refractivity (Wildman–Crippen MR) is 69.0 cm³/mol. The maximum Gasteiger partial charge on any atom is 0.0586 e. The Morgan fingerprint density at radius 3 is 2.12 bits per heavy atom. The van der Waals surface area contributed by atoms with Gasteiger partial charge in [-0.2, -0.15) is 0 Å². The minimum Gasteiger partial charge on any atom is -0.395 e. The normalized spacial score (nSPS) is 35.8. The first-order valence-electron chi connectivity index (χ1n) is 7.46. The molecule has 0 aromatic heterocycles. The van der Waals surface area contributed by atoms with Gasteiger partial charge in [0.25, 0.3) is 0 Å². The third-order valence-electron chi connectivity index (χ3n) is 4.84. The van der Waals surface area contributed by atoms with E-state index in [4.69, 9.17) is 0 Å². The highest BCUT2D eigenvalue weighted by Gasteiger charge is 2.34. The van der Waals surface area contributed by atoms with Gasteiger partial charge in [-0.15, -0.1) is 0 Å². The van der Waals surface area contributed by atoms with Crippen molar-refractivity contribution < 1.29 is 5.11 Å². The summed E-state index contributed by atoms with van der Waals surface area (Å²) in [6.45, 7) is 5.44. The minimum atomic E-state index is 0.356. The van der Waals surface area contributed by atoms with Gasteiger partial charge in [-0.1, -0.05) is 0 Å². The fraction of sp³-hybridized carbons (Fsp3) is 1.00. The molecule has 3 rings (SSSR count). The Bertz CT molecular complexity index is 255. The average molecular weight is 238 g/mol. The van der Waals surface area contributed by atoms with E-state index in [-0.39, 0.29) is 0 Å². The summed E-state index contributed by atoms with van der Waals surface area (Å²) in [6, 6.07) is 1.24. The van der Waals surface area contributed by atoms with Gasteiger partial charge < -0.3 is 5.11 Å². The van der Waals surface area contributed by atoms with Gasteiger partial charge >= 0.3 is 0 Å². The van der Waals surface area contributed by atoms with Crippen LogP contribution in [0.2, 0.25) is 0 Å². The molecule has 0 unspecified atom stereocenters. The Kier molecular flexibility index (Phi) is 3.69. The molecule has 1 aliphatic carbocycles. The number of aliphatic hydroxyl groups excluding tert-OH is 1. The van der Waals surface area contributed by atoms with E-state index in [2.05, 4.69) is 9.80 Å². The molecule has 2 heterocycles. The number of hydrogen-bond acceptors (Lipinski definition) is 3. The molecule has 3 nitrogen and oxygen atoms in total. The van der Waals surface area contributed by atoms with Gasteiger partial charge in [-0.3, -0.25) is 9.80 Å². The van der Waals surface area contributed by atoms with E-state index in [0.29, 0.717) is 12.6 Å². The molecule has 2 atom stereocenters. The van der Waals surface area contributed by atoms with Gasteiger partial charge in [0.1, 0.15) is 0 Å². The summed E-state index contributed by atoms with van der Waals surface area (Å²) >= 11 is 0. The van der Waals surface area contributed by atoms with Crippen molar-refractivity contribution in [1.29, 1.82) is 0 Å². The minimum absolute atomic E-state index is 0.356. The fourth-order valence-electron chi connectivity index (χ4n) is 3.59. The first-order chi connectivity index (χ1) is 8.36. The largest absolute Gasteiger partial charge is 0.395 e. The van der Waals surface area contributed by atoms with E-state index in [0.717, 1.165) is 12.0 Å². The van der Waals surface area contributed by atoms with E-state index >= 15 is 0 Å². The SMILES string of the molecule is OC[C@@H]1CCCN1C[C@@H]1CCCN1CC1CC1. The Hall–Kier alpha value is -0.120. The smallest absolute Gasteiger partial charge is 0.0586 e. The van der Waals surface area contributed by atoms with Crippen LogP contribution in [-0.2, 0) is 0 Å². The van der Waals surface area contributed by atoms with Gasteiger partial charge in [0.2, 0.25) is 0 Å². The molecule has 0 amide bonds. The standard InChI is InChI=1S/C14H26N2O/c17-11-14-4-2-8-16(14)10-13-3-1-7-15(13)9-12-5-6-12/h12-14,17H,1-11H2/t13-,14-/m0/s1. The van der Waals surface area contributed by atoms with Crippen molar-refractivity contribution >= 4 is 0 Å². The molecule has 17 heavy (non-hydrogen) atoms. The van der Waals surface area contributed by atoms with Crippen LogP contribution in [0.15, 0.2) is 0 Å². The molecule has 98 valence electrons. The summed E-state index contributed by atoms with van der Waals surface area (Å²) in [4.78, 5) is 5.26. The van der Waals surface area contributed by atoms with E-state index in [1.165, 1.54) is 64.7 Å². The molecule has 3 fully saturated rings. The highest BCUT2D eigenvalue weighted by Crippen LogP contribution is 2.32. The molecule has 0 bridgehead atoms. The molecule has 1 saturated carbocycles. The maximum absolute atomic E-state index is 9.38. The summed E-state index contributed by atoms with van der Waals surface area (Å²) in [5.41, 5.74) is 0. The zero-order valence-electron chi connectivity index (χ0n) is 10.9. The van der Waals surface area contributed by atoms with Crippen LogP contribution in [0.3, 0.4) is 0 Å². The van der Waals surface area contributed by atoms with Crippen molar-refractivity contribution in [1.82, 2.24) is 9.80 Å². The zero-order valence-corrected chi connectivity index (χ0v) is 10.9. The second-order valence-corrected chi connectivity index (χ2v) is 6.21. The molecule has 0 aromatic carbocycles. The summed E-state index contributed by atoms with van der Waals surface area (Å²) < 4.78 is 0. The van der Waals surface area contributed by atoms with E-state index in [1.807, 2.05) is 0 Å². The summed E-state index contributed by atoms with van der Waals surface area (Å²) in [5.74, 6) is 1.02. The van der Waals surface area contributed by atoms with Crippen LogP contribution >= 0.6 is 0 Å². The van der Waals surface area contributed by atoms with Crippen molar-refractivity contribution in [2.75, 3.05) is 32.8 Å². The number of aliphatic hydroxyl groups is 1. The monoisotopic (exact) mass is 238 g/mol.